The number of rotatable bonds is 3. The Morgan fingerprint density at radius 3 is 2.78 bits per heavy atom. The monoisotopic (exact) mass is 255 g/mol. The number of nitrogens with zero attached hydrogens (tertiary/aromatic N) is 2. The molecule has 2 aromatic carbocycles. The molecule has 0 unspecified atom stereocenters. The number of hydrazone groups is 1. The largest absolute Gasteiger partial charge is 0.278 e. The predicted molar refractivity (Wildman–Crippen MR) is 73.8 cm³/mol. The maximum Gasteiger partial charge on any atom is 0.0991 e. The van der Waals surface area contributed by atoms with Gasteiger partial charge in [-0.1, -0.05) is 29.8 Å². The van der Waals surface area contributed by atoms with Gasteiger partial charge in [-0.05, 0) is 35.9 Å². The van der Waals surface area contributed by atoms with Crippen LogP contribution in [0.3, 0.4) is 0 Å². The fourth-order valence-electron chi connectivity index (χ4n) is 1.43. The topological polar surface area (TPSA) is 48.2 Å². The van der Waals surface area contributed by atoms with Crippen molar-refractivity contribution in [2.24, 2.45) is 5.10 Å². The van der Waals surface area contributed by atoms with Gasteiger partial charge in [0, 0.05) is 5.02 Å². The average Bonchev–Trinajstić information content (AvgIpc) is 2.39. The van der Waals surface area contributed by atoms with Crippen molar-refractivity contribution in [2.45, 2.75) is 0 Å². The van der Waals surface area contributed by atoms with Gasteiger partial charge in [0.2, 0.25) is 0 Å². The lowest BCUT2D eigenvalue weighted by atomic mass is 10.1. The summed E-state index contributed by atoms with van der Waals surface area (Å²) in [5, 5.41) is 13.5. The molecule has 0 atom stereocenters. The normalized spacial score (nSPS) is 10.2. The summed E-state index contributed by atoms with van der Waals surface area (Å²) in [6.45, 7) is 0. The van der Waals surface area contributed by atoms with Gasteiger partial charge in [-0.3, -0.25) is 5.43 Å². The van der Waals surface area contributed by atoms with Crippen molar-refractivity contribution in [3.05, 3.63) is 64.7 Å². The minimum atomic E-state index is 0.613. The van der Waals surface area contributed by atoms with Gasteiger partial charge in [0.15, 0.2) is 0 Å². The molecule has 0 aliphatic heterocycles. The van der Waals surface area contributed by atoms with E-state index in [2.05, 4.69) is 16.6 Å². The Balaban J connectivity index is 2.05. The van der Waals surface area contributed by atoms with Gasteiger partial charge >= 0.3 is 0 Å². The van der Waals surface area contributed by atoms with Crippen molar-refractivity contribution in [2.75, 3.05) is 5.43 Å². The average molecular weight is 256 g/mol. The fourth-order valence-corrected chi connectivity index (χ4v) is 1.62. The quantitative estimate of drug-likeness (QED) is 0.672. The third-order valence-corrected chi connectivity index (χ3v) is 2.48. The first-order chi connectivity index (χ1) is 8.78. The molecular weight excluding hydrogens is 246 g/mol. The number of hydrogen-bond acceptors (Lipinski definition) is 3. The second-order valence-corrected chi connectivity index (χ2v) is 4.05. The first-order valence-corrected chi connectivity index (χ1v) is 5.70. The molecule has 0 bridgehead atoms. The van der Waals surface area contributed by atoms with Crippen LogP contribution in [0.2, 0.25) is 5.02 Å². The maximum absolute atomic E-state index is 8.77. The summed E-state index contributed by atoms with van der Waals surface area (Å²) in [6.07, 6.45) is 1.65. The van der Waals surface area contributed by atoms with Crippen LogP contribution < -0.4 is 5.43 Å². The third kappa shape index (κ3) is 3.34. The van der Waals surface area contributed by atoms with Gasteiger partial charge in [0.05, 0.1) is 23.5 Å². The smallest absolute Gasteiger partial charge is 0.0991 e. The lowest BCUT2D eigenvalue weighted by Crippen LogP contribution is -1.90. The molecular formula is C14H10ClN3. The summed E-state index contributed by atoms with van der Waals surface area (Å²) in [5.74, 6) is 0. The summed E-state index contributed by atoms with van der Waals surface area (Å²) in [4.78, 5) is 0. The van der Waals surface area contributed by atoms with Gasteiger partial charge in [-0.2, -0.15) is 10.4 Å². The summed E-state index contributed by atoms with van der Waals surface area (Å²) in [6, 6.07) is 16.6. The Hall–Kier alpha value is -2.31. The molecule has 1 N–H and O–H groups in total. The highest BCUT2D eigenvalue weighted by Crippen LogP contribution is 2.14. The number of nitrogens with one attached hydrogen (secondary N) is 1. The van der Waals surface area contributed by atoms with E-state index in [0.29, 0.717) is 10.6 Å². The molecule has 0 spiro atoms. The van der Waals surface area contributed by atoms with Crippen LogP contribution in [0, 0.1) is 11.3 Å². The van der Waals surface area contributed by atoms with Crippen LogP contribution in [-0.2, 0) is 0 Å². The highest BCUT2D eigenvalue weighted by atomic mass is 35.5. The van der Waals surface area contributed by atoms with Crippen molar-refractivity contribution in [1.29, 1.82) is 5.26 Å². The first kappa shape index (κ1) is 12.2. The van der Waals surface area contributed by atoms with Crippen molar-refractivity contribution in [3.63, 3.8) is 0 Å². The Kier molecular flexibility index (Phi) is 3.95. The van der Waals surface area contributed by atoms with Gasteiger partial charge in [0.25, 0.3) is 0 Å². The van der Waals surface area contributed by atoms with Crippen molar-refractivity contribution < 1.29 is 0 Å². The van der Waals surface area contributed by atoms with E-state index in [1.165, 1.54) is 0 Å². The number of anilines is 1. The summed E-state index contributed by atoms with van der Waals surface area (Å²) < 4.78 is 0. The van der Waals surface area contributed by atoms with E-state index in [4.69, 9.17) is 16.9 Å². The van der Waals surface area contributed by atoms with E-state index in [1.54, 1.807) is 30.5 Å². The van der Waals surface area contributed by atoms with E-state index in [1.807, 2.05) is 24.3 Å². The van der Waals surface area contributed by atoms with E-state index >= 15 is 0 Å². The zero-order valence-electron chi connectivity index (χ0n) is 9.47. The minimum absolute atomic E-state index is 0.613. The van der Waals surface area contributed by atoms with E-state index < -0.39 is 0 Å². The molecule has 2 rings (SSSR count). The predicted octanol–water partition coefficient (Wildman–Crippen LogP) is 3.66. The fraction of sp³-hybridized carbons (Fsp3) is 0. The van der Waals surface area contributed by atoms with Gasteiger partial charge < -0.3 is 0 Å². The first-order valence-electron chi connectivity index (χ1n) is 5.33. The molecule has 88 valence electrons. The molecule has 0 aromatic heterocycles. The van der Waals surface area contributed by atoms with Crippen molar-refractivity contribution >= 4 is 23.5 Å². The molecule has 0 saturated carbocycles. The molecule has 0 fully saturated rings. The Morgan fingerprint density at radius 1 is 1.17 bits per heavy atom. The highest BCUT2D eigenvalue weighted by molar-refractivity contribution is 6.30. The number of hydrogen-bond donors (Lipinski definition) is 1. The number of nitriles is 1. The van der Waals surface area contributed by atoms with Crippen LogP contribution in [0.15, 0.2) is 53.6 Å². The highest BCUT2D eigenvalue weighted by Gasteiger charge is 1.92. The molecule has 3 nitrogen and oxygen atoms in total. The molecule has 0 amide bonds. The molecule has 0 aliphatic carbocycles. The molecule has 0 saturated heterocycles. The van der Waals surface area contributed by atoms with Crippen LogP contribution in [0.25, 0.3) is 0 Å². The lowest BCUT2D eigenvalue weighted by molar-refractivity contribution is 1.35. The standard InChI is InChI=1S/C14H10ClN3/c15-13-5-2-6-14(8-13)18-17-10-12-4-1-3-11(7-12)9-16/h1-8,10,18H/b17-10+. The van der Waals surface area contributed by atoms with E-state index in [0.717, 1.165) is 11.3 Å². The van der Waals surface area contributed by atoms with Crippen LogP contribution in [0.1, 0.15) is 11.1 Å². The SMILES string of the molecule is N#Cc1cccc(/C=N/Nc2cccc(Cl)c2)c1. The Bertz CT molecular complexity index is 614. The number of benzene rings is 2. The minimum Gasteiger partial charge on any atom is -0.278 e. The van der Waals surface area contributed by atoms with Crippen LogP contribution in [0.5, 0.6) is 0 Å². The van der Waals surface area contributed by atoms with Gasteiger partial charge in [-0.15, -0.1) is 0 Å². The Labute approximate surface area is 110 Å². The van der Waals surface area contributed by atoms with Crippen LogP contribution in [-0.4, -0.2) is 6.21 Å². The van der Waals surface area contributed by atoms with Gasteiger partial charge in [0.1, 0.15) is 0 Å². The van der Waals surface area contributed by atoms with E-state index in [9.17, 15) is 0 Å². The number of halogens is 1. The van der Waals surface area contributed by atoms with Crippen LogP contribution >= 0.6 is 11.6 Å². The molecule has 4 heteroatoms. The Morgan fingerprint density at radius 2 is 2.00 bits per heavy atom. The molecule has 0 radical (unpaired) electrons. The zero-order chi connectivity index (χ0) is 12.8. The second kappa shape index (κ2) is 5.85. The second-order valence-electron chi connectivity index (χ2n) is 3.62. The molecule has 18 heavy (non-hydrogen) atoms. The molecule has 0 aliphatic rings. The van der Waals surface area contributed by atoms with Crippen molar-refractivity contribution in [3.8, 4) is 6.07 Å². The zero-order valence-corrected chi connectivity index (χ0v) is 10.2. The third-order valence-electron chi connectivity index (χ3n) is 2.25. The van der Waals surface area contributed by atoms with Crippen molar-refractivity contribution in [1.82, 2.24) is 0 Å². The summed E-state index contributed by atoms with van der Waals surface area (Å²) in [7, 11) is 0. The lowest BCUT2D eigenvalue weighted by Gasteiger charge is -2.00. The van der Waals surface area contributed by atoms with Crippen LogP contribution in [0.4, 0.5) is 5.69 Å². The van der Waals surface area contributed by atoms with Gasteiger partial charge in [-0.25, -0.2) is 0 Å². The molecule has 2 aromatic rings. The maximum atomic E-state index is 8.77. The summed E-state index contributed by atoms with van der Waals surface area (Å²) >= 11 is 5.85. The van der Waals surface area contributed by atoms with E-state index in [-0.39, 0.29) is 0 Å². The summed E-state index contributed by atoms with van der Waals surface area (Å²) in [5.41, 5.74) is 5.17. The molecule has 0 heterocycles.